The zero-order valence-electron chi connectivity index (χ0n) is 17.3. The monoisotopic (exact) mass is 444 g/mol. The van der Waals surface area contributed by atoms with Gasteiger partial charge in [-0.3, -0.25) is 9.59 Å². The van der Waals surface area contributed by atoms with Gasteiger partial charge in [0.2, 0.25) is 5.91 Å². The molecule has 3 rings (SSSR count). The van der Waals surface area contributed by atoms with E-state index in [1.165, 1.54) is 23.1 Å². The molecule has 2 aromatic heterocycles. The first-order chi connectivity index (χ1) is 14.4. The summed E-state index contributed by atoms with van der Waals surface area (Å²) in [5, 5.41) is 17.3. The Kier molecular flexibility index (Phi) is 7.22. The molecule has 0 saturated heterocycles. The summed E-state index contributed by atoms with van der Waals surface area (Å²) in [6.07, 6.45) is 0. The molecule has 1 atom stereocenters. The molecule has 0 spiro atoms. The minimum Gasteiger partial charge on any atom is -0.342 e. The number of anilines is 1. The SMILES string of the molecule is CCn1c(SCC(=O)Nc2nc(C)cs2)nnc1[C@@H](C)NC(=O)c1ccc(C)cc1. The van der Waals surface area contributed by atoms with E-state index in [1.54, 1.807) is 12.1 Å². The van der Waals surface area contributed by atoms with Crippen LogP contribution in [0.4, 0.5) is 5.13 Å². The number of aryl methyl sites for hydroxylation is 2. The predicted molar refractivity (Wildman–Crippen MR) is 119 cm³/mol. The van der Waals surface area contributed by atoms with Gasteiger partial charge in [-0.2, -0.15) is 0 Å². The predicted octanol–water partition coefficient (Wildman–Crippen LogP) is 3.59. The van der Waals surface area contributed by atoms with Crippen LogP contribution in [0.2, 0.25) is 0 Å². The Bertz CT molecular complexity index is 1030. The van der Waals surface area contributed by atoms with Crippen LogP contribution in [-0.2, 0) is 11.3 Å². The molecule has 0 bridgehead atoms. The fraction of sp³-hybridized carbons (Fsp3) is 0.350. The van der Waals surface area contributed by atoms with Gasteiger partial charge in [0, 0.05) is 17.5 Å². The van der Waals surface area contributed by atoms with Crippen molar-refractivity contribution in [2.45, 2.75) is 45.4 Å². The third kappa shape index (κ3) is 5.45. The van der Waals surface area contributed by atoms with Gasteiger partial charge in [-0.25, -0.2) is 4.98 Å². The Hall–Kier alpha value is -2.72. The highest BCUT2D eigenvalue weighted by molar-refractivity contribution is 7.99. The van der Waals surface area contributed by atoms with E-state index in [0.717, 1.165) is 11.3 Å². The Labute approximate surface area is 183 Å². The smallest absolute Gasteiger partial charge is 0.251 e. The van der Waals surface area contributed by atoms with Crippen molar-refractivity contribution >= 4 is 40.0 Å². The quantitative estimate of drug-likeness (QED) is 0.515. The molecule has 0 aliphatic heterocycles. The Morgan fingerprint density at radius 3 is 2.57 bits per heavy atom. The molecule has 0 aliphatic rings. The Morgan fingerprint density at radius 1 is 1.20 bits per heavy atom. The topological polar surface area (TPSA) is 102 Å². The van der Waals surface area contributed by atoms with Crippen molar-refractivity contribution in [2.75, 3.05) is 11.1 Å². The molecule has 0 fully saturated rings. The number of thioether (sulfide) groups is 1. The lowest BCUT2D eigenvalue weighted by atomic mass is 10.1. The van der Waals surface area contributed by atoms with Crippen molar-refractivity contribution < 1.29 is 9.59 Å². The molecule has 1 aromatic carbocycles. The summed E-state index contributed by atoms with van der Waals surface area (Å²) in [5.41, 5.74) is 2.57. The number of hydrogen-bond donors (Lipinski definition) is 2. The van der Waals surface area contributed by atoms with E-state index >= 15 is 0 Å². The Morgan fingerprint density at radius 2 is 1.93 bits per heavy atom. The molecule has 2 amide bonds. The zero-order chi connectivity index (χ0) is 21.7. The van der Waals surface area contributed by atoms with Crippen molar-refractivity contribution in [3.05, 3.63) is 52.3 Å². The first-order valence-electron chi connectivity index (χ1n) is 9.52. The highest BCUT2D eigenvalue weighted by Crippen LogP contribution is 2.22. The standard InChI is InChI=1S/C20H24N6O2S2/c1-5-26-17(14(4)22-18(28)15-8-6-12(2)7-9-15)24-25-20(26)30-11-16(27)23-19-21-13(3)10-29-19/h6-10,14H,5,11H2,1-4H3,(H,22,28)(H,21,23,27)/t14-/m1/s1. The van der Waals surface area contributed by atoms with Crippen molar-refractivity contribution in [3.8, 4) is 0 Å². The van der Waals surface area contributed by atoms with Crippen molar-refractivity contribution in [3.63, 3.8) is 0 Å². The highest BCUT2D eigenvalue weighted by atomic mass is 32.2. The Balaban J connectivity index is 1.61. The molecule has 158 valence electrons. The third-order valence-corrected chi connectivity index (χ3v) is 6.15. The van der Waals surface area contributed by atoms with Gasteiger partial charge in [0.15, 0.2) is 16.1 Å². The number of thiazole rings is 1. The molecular weight excluding hydrogens is 420 g/mol. The molecule has 8 nitrogen and oxygen atoms in total. The van der Waals surface area contributed by atoms with Gasteiger partial charge in [-0.15, -0.1) is 21.5 Å². The maximum Gasteiger partial charge on any atom is 0.251 e. The molecule has 0 aliphatic carbocycles. The average molecular weight is 445 g/mol. The summed E-state index contributed by atoms with van der Waals surface area (Å²) in [7, 11) is 0. The van der Waals surface area contributed by atoms with Crippen LogP contribution in [0, 0.1) is 13.8 Å². The van der Waals surface area contributed by atoms with E-state index in [4.69, 9.17) is 0 Å². The van der Waals surface area contributed by atoms with Crippen LogP contribution in [0.15, 0.2) is 34.8 Å². The first-order valence-corrected chi connectivity index (χ1v) is 11.4. The number of nitrogens with zero attached hydrogens (tertiary/aromatic N) is 4. The van der Waals surface area contributed by atoms with Crippen molar-refractivity contribution in [1.29, 1.82) is 0 Å². The number of carbonyl (C=O) groups excluding carboxylic acids is 2. The number of hydrogen-bond acceptors (Lipinski definition) is 7. The number of carbonyl (C=O) groups is 2. The van der Waals surface area contributed by atoms with E-state index in [9.17, 15) is 9.59 Å². The fourth-order valence-corrected chi connectivity index (χ4v) is 4.28. The van der Waals surface area contributed by atoms with Crippen LogP contribution < -0.4 is 10.6 Å². The van der Waals surface area contributed by atoms with E-state index < -0.39 is 0 Å². The summed E-state index contributed by atoms with van der Waals surface area (Å²) in [4.78, 5) is 28.9. The number of amides is 2. The second kappa shape index (κ2) is 9.86. The van der Waals surface area contributed by atoms with Crippen molar-refractivity contribution in [2.24, 2.45) is 0 Å². The van der Waals surface area contributed by atoms with E-state index in [1.807, 2.05) is 49.8 Å². The molecule has 10 heteroatoms. The van der Waals surface area contributed by atoms with Gasteiger partial charge in [0.05, 0.1) is 17.5 Å². The van der Waals surface area contributed by atoms with Gasteiger partial charge >= 0.3 is 0 Å². The first kappa shape index (κ1) is 22.0. The number of nitrogens with one attached hydrogen (secondary N) is 2. The summed E-state index contributed by atoms with van der Waals surface area (Å²) in [6.45, 7) is 8.33. The third-order valence-electron chi connectivity index (χ3n) is 4.31. The lowest BCUT2D eigenvalue weighted by molar-refractivity contribution is -0.113. The number of rotatable bonds is 8. The highest BCUT2D eigenvalue weighted by Gasteiger charge is 2.20. The van der Waals surface area contributed by atoms with E-state index in [0.29, 0.717) is 28.2 Å². The van der Waals surface area contributed by atoms with Gasteiger partial charge in [0.1, 0.15) is 0 Å². The summed E-state index contributed by atoms with van der Waals surface area (Å²) in [6, 6.07) is 7.08. The zero-order valence-corrected chi connectivity index (χ0v) is 18.9. The maximum atomic E-state index is 12.5. The molecule has 2 heterocycles. The lowest BCUT2D eigenvalue weighted by Gasteiger charge is -2.15. The normalized spacial score (nSPS) is 11.9. The van der Waals surface area contributed by atoms with Crippen LogP contribution in [-0.4, -0.2) is 37.3 Å². The second-order valence-corrected chi connectivity index (χ2v) is 8.58. The molecule has 30 heavy (non-hydrogen) atoms. The average Bonchev–Trinajstić information content (AvgIpc) is 3.32. The van der Waals surface area contributed by atoms with Gasteiger partial charge in [0.25, 0.3) is 5.91 Å². The van der Waals surface area contributed by atoms with E-state index in [2.05, 4.69) is 25.8 Å². The fourth-order valence-electron chi connectivity index (χ4n) is 2.77. The summed E-state index contributed by atoms with van der Waals surface area (Å²) >= 11 is 2.70. The molecule has 0 saturated carbocycles. The van der Waals surface area contributed by atoms with Crippen molar-refractivity contribution in [1.82, 2.24) is 25.1 Å². The van der Waals surface area contributed by atoms with Gasteiger partial charge < -0.3 is 15.2 Å². The van der Waals surface area contributed by atoms with E-state index in [-0.39, 0.29) is 23.6 Å². The number of aromatic nitrogens is 4. The van der Waals surface area contributed by atoms with Crippen LogP contribution in [0.25, 0.3) is 0 Å². The van der Waals surface area contributed by atoms with Gasteiger partial charge in [-0.1, -0.05) is 29.5 Å². The molecule has 0 radical (unpaired) electrons. The molecule has 3 aromatic rings. The van der Waals surface area contributed by atoms with Crippen LogP contribution in [0.5, 0.6) is 0 Å². The number of benzene rings is 1. The van der Waals surface area contributed by atoms with Crippen LogP contribution in [0.1, 0.15) is 47.3 Å². The van der Waals surface area contributed by atoms with Crippen LogP contribution >= 0.6 is 23.1 Å². The van der Waals surface area contributed by atoms with Crippen LogP contribution in [0.3, 0.4) is 0 Å². The second-order valence-electron chi connectivity index (χ2n) is 6.78. The molecular formula is C20H24N6O2S2. The largest absolute Gasteiger partial charge is 0.342 e. The summed E-state index contributed by atoms with van der Waals surface area (Å²) < 4.78 is 1.91. The van der Waals surface area contributed by atoms with Gasteiger partial charge in [-0.05, 0) is 39.8 Å². The minimum atomic E-state index is -0.326. The maximum absolute atomic E-state index is 12.5. The minimum absolute atomic E-state index is 0.151. The molecule has 0 unspecified atom stereocenters. The lowest BCUT2D eigenvalue weighted by Crippen LogP contribution is -2.28. The molecule has 2 N–H and O–H groups in total. The summed E-state index contributed by atoms with van der Waals surface area (Å²) in [5.74, 6) is 0.528.